The minimum Gasteiger partial charge on any atom is -0.497 e. The zero-order chi connectivity index (χ0) is 17.0. The summed E-state index contributed by atoms with van der Waals surface area (Å²) >= 11 is 0. The van der Waals surface area contributed by atoms with E-state index in [0.29, 0.717) is 12.2 Å². The highest BCUT2D eigenvalue weighted by Gasteiger charge is 2.40. The molecule has 1 saturated carbocycles. The van der Waals surface area contributed by atoms with Crippen molar-refractivity contribution in [2.45, 2.75) is 51.0 Å². The van der Waals surface area contributed by atoms with Gasteiger partial charge in [-0.05, 0) is 35.4 Å². The van der Waals surface area contributed by atoms with Crippen LogP contribution in [-0.4, -0.2) is 33.2 Å². The topological polar surface area (TPSA) is 81.9 Å². The van der Waals surface area contributed by atoms with Gasteiger partial charge in [-0.25, -0.2) is 0 Å². The van der Waals surface area contributed by atoms with Crippen LogP contribution in [0.15, 0.2) is 24.3 Å². The quantitative estimate of drug-likeness (QED) is 0.910. The molecular weight excluding hydrogens is 306 g/mol. The molecule has 0 aliphatic heterocycles. The fourth-order valence-electron chi connectivity index (χ4n) is 3.32. The second-order valence-electron chi connectivity index (χ2n) is 6.16. The van der Waals surface area contributed by atoms with Crippen molar-refractivity contribution in [3.05, 3.63) is 30.1 Å². The van der Waals surface area contributed by atoms with Crippen molar-refractivity contribution < 1.29 is 9.53 Å². The lowest BCUT2D eigenvalue weighted by Crippen LogP contribution is -2.48. The maximum Gasteiger partial charge on any atom is 0.220 e. The Morgan fingerprint density at radius 2 is 2.12 bits per heavy atom. The van der Waals surface area contributed by atoms with Gasteiger partial charge in [-0.3, -0.25) is 4.79 Å². The van der Waals surface area contributed by atoms with Crippen molar-refractivity contribution in [1.29, 1.82) is 0 Å². The number of nitrogens with one attached hydrogen (secondary N) is 1. The molecule has 0 radical (unpaired) electrons. The fraction of sp³-hybridized carbons (Fsp3) is 0.529. The van der Waals surface area contributed by atoms with Crippen LogP contribution in [-0.2, 0) is 10.3 Å². The molecule has 2 aromatic rings. The third-order valence-corrected chi connectivity index (χ3v) is 4.60. The number of carbonyl (C=O) groups excluding carboxylic acids is 1. The zero-order valence-corrected chi connectivity index (χ0v) is 14.2. The van der Waals surface area contributed by atoms with Gasteiger partial charge in [0.05, 0.1) is 12.8 Å². The average Bonchev–Trinajstić information content (AvgIpc) is 3.13. The molecule has 128 valence electrons. The van der Waals surface area contributed by atoms with E-state index in [1.165, 1.54) is 6.42 Å². The molecule has 7 heteroatoms. The summed E-state index contributed by atoms with van der Waals surface area (Å²) < 4.78 is 7.01. The van der Waals surface area contributed by atoms with Crippen molar-refractivity contribution in [3.8, 4) is 11.4 Å². The van der Waals surface area contributed by atoms with Gasteiger partial charge in [0.2, 0.25) is 5.91 Å². The molecule has 1 N–H and O–H groups in total. The minimum absolute atomic E-state index is 0.0251. The Balaban J connectivity index is 2.03. The van der Waals surface area contributed by atoms with Crippen LogP contribution in [0.25, 0.3) is 5.69 Å². The normalized spacial score (nSPS) is 16.6. The Morgan fingerprint density at radius 1 is 1.33 bits per heavy atom. The molecule has 1 amide bonds. The first-order valence-corrected chi connectivity index (χ1v) is 8.43. The van der Waals surface area contributed by atoms with Crippen LogP contribution >= 0.6 is 0 Å². The second kappa shape index (κ2) is 6.98. The van der Waals surface area contributed by atoms with E-state index in [4.69, 9.17) is 4.74 Å². The van der Waals surface area contributed by atoms with Crippen molar-refractivity contribution in [2.75, 3.05) is 7.11 Å². The average molecular weight is 329 g/mol. The predicted molar refractivity (Wildman–Crippen MR) is 88.9 cm³/mol. The SMILES string of the molecule is CCC(=O)NC1(c2nnnn2-c2cccc(OC)c2)CCCCC1. The number of hydrogen-bond acceptors (Lipinski definition) is 5. The van der Waals surface area contributed by atoms with E-state index < -0.39 is 5.54 Å². The summed E-state index contributed by atoms with van der Waals surface area (Å²) in [5.74, 6) is 1.46. The van der Waals surface area contributed by atoms with Crippen LogP contribution in [0.1, 0.15) is 51.3 Å². The van der Waals surface area contributed by atoms with E-state index >= 15 is 0 Å². The Morgan fingerprint density at radius 3 is 2.83 bits per heavy atom. The van der Waals surface area contributed by atoms with Crippen molar-refractivity contribution in [1.82, 2.24) is 25.5 Å². The lowest BCUT2D eigenvalue weighted by Gasteiger charge is -2.36. The summed E-state index contributed by atoms with van der Waals surface area (Å²) in [6.45, 7) is 1.86. The van der Waals surface area contributed by atoms with E-state index in [-0.39, 0.29) is 5.91 Å². The molecule has 1 aromatic carbocycles. The van der Waals surface area contributed by atoms with Crippen LogP contribution in [0.2, 0.25) is 0 Å². The standard InChI is InChI=1S/C17H23N5O2/c1-3-15(23)18-17(10-5-4-6-11-17)16-19-20-21-22(16)13-8-7-9-14(12-13)24-2/h7-9,12H,3-6,10-11H2,1-2H3,(H,18,23). The van der Waals surface area contributed by atoms with E-state index in [2.05, 4.69) is 20.8 Å². The number of methoxy groups -OCH3 is 1. The molecular formula is C17H23N5O2. The molecule has 0 bridgehead atoms. The molecule has 1 heterocycles. The zero-order valence-electron chi connectivity index (χ0n) is 14.2. The molecule has 1 aliphatic rings. The molecule has 24 heavy (non-hydrogen) atoms. The molecule has 0 spiro atoms. The first-order chi connectivity index (χ1) is 11.7. The van der Waals surface area contributed by atoms with Gasteiger partial charge < -0.3 is 10.1 Å². The van der Waals surface area contributed by atoms with Gasteiger partial charge in [0.1, 0.15) is 11.3 Å². The van der Waals surface area contributed by atoms with Crippen molar-refractivity contribution in [2.24, 2.45) is 0 Å². The highest BCUT2D eigenvalue weighted by atomic mass is 16.5. The summed E-state index contributed by atoms with van der Waals surface area (Å²) in [6.07, 6.45) is 5.42. The number of nitrogens with zero attached hydrogens (tertiary/aromatic N) is 4. The van der Waals surface area contributed by atoms with Gasteiger partial charge >= 0.3 is 0 Å². The van der Waals surface area contributed by atoms with Crippen LogP contribution in [0.5, 0.6) is 5.75 Å². The largest absolute Gasteiger partial charge is 0.497 e. The highest BCUT2D eigenvalue weighted by Crippen LogP contribution is 2.36. The predicted octanol–water partition coefficient (Wildman–Crippen LogP) is 2.36. The second-order valence-corrected chi connectivity index (χ2v) is 6.16. The summed E-state index contributed by atoms with van der Waals surface area (Å²) in [6, 6.07) is 7.60. The number of tetrazole rings is 1. The molecule has 1 aliphatic carbocycles. The van der Waals surface area contributed by atoms with Gasteiger partial charge in [0.25, 0.3) is 0 Å². The van der Waals surface area contributed by atoms with Crippen LogP contribution in [0.4, 0.5) is 0 Å². The summed E-state index contributed by atoms with van der Waals surface area (Å²) in [4.78, 5) is 12.1. The summed E-state index contributed by atoms with van der Waals surface area (Å²) in [5, 5.41) is 15.5. The molecule has 7 nitrogen and oxygen atoms in total. The Labute approximate surface area is 141 Å². The Kier molecular flexibility index (Phi) is 4.78. The van der Waals surface area contributed by atoms with Gasteiger partial charge in [0.15, 0.2) is 5.82 Å². The molecule has 0 saturated heterocycles. The van der Waals surface area contributed by atoms with Gasteiger partial charge in [-0.1, -0.05) is 32.3 Å². The maximum atomic E-state index is 12.1. The van der Waals surface area contributed by atoms with Crippen LogP contribution in [0.3, 0.4) is 0 Å². The third-order valence-electron chi connectivity index (χ3n) is 4.60. The van der Waals surface area contributed by atoms with Crippen LogP contribution in [0, 0.1) is 0 Å². The van der Waals surface area contributed by atoms with Gasteiger partial charge in [-0.2, -0.15) is 4.68 Å². The van der Waals surface area contributed by atoms with E-state index in [1.54, 1.807) is 11.8 Å². The lowest BCUT2D eigenvalue weighted by atomic mass is 9.80. The molecule has 0 unspecified atom stereocenters. The first kappa shape index (κ1) is 16.4. The number of aromatic nitrogens is 4. The van der Waals surface area contributed by atoms with E-state index in [1.807, 2.05) is 31.2 Å². The molecule has 3 rings (SSSR count). The third kappa shape index (κ3) is 3.11. The Hall–Kier alpha value is -2.44. The minimum atomic E-state index is -0.502. The number of amides is 1. The number of ether oxygens (including phenoxy) is 1. The summed E-state index contributed by atoms with van der Waals surface area (Å²) in [7, 11) is 1.63. The number of benzene rings is 1. The molecule has 1 fully saturated rings. The maximum absolute atomic E-state index is 12.1. The fourth-order valence-corrected chi connectivity index (χ4v) is 3.32. The van der Waals surface area contributed by atoms with Crippen LogP contribution < -0.4 is 10.1 Å². The van der Waals surface area contributed by atoms with E-state index in [0.717, 1.165) is 37.1 Å². The van der Waals surface area contributed by atoms with Gasteiger partial charge in [0, 0.05) is 12.5 Å². The Bertz CT molecular complexity index is 707. The number of hydrogen-bond donors (Lipinski definition) is 1. The first-order valence-electron chi connectivity index (χ1n) is 8.43. The van der Waals surface area contributed by atoms with E-state index in [9.17, 15) is 4.79 Å². The van der Waals surface area contributed by atoms with Crippen molar-refractivity contribution >= 4 is 5.91 Å². The van der Waals surface area contributed by atoms with Gasteiger partial charge in [-0.15, -0.1) is 5.10 Å². The monoisotopic (exact) mass is 329 g/mol. The number of rotatable bonds is 5. The van der Waals surface area contributed by atoms with Crippen molar-refractivity contribution in [3.63, 3.8) is 0 Å². The highest BCUT2D eigenvalue weighted by molar-refractivity contribution is 5.76. The number of carbonyl (C=O) groups is 1. The summed E-state index contributed by atoms with van der Waals surface area (Å²) in [5.41, 5.74) is 0.322. The lowest BCUT2D eigenvalue weighted by molar-refractivity contribution is -0.123. The molecule has 0 atom stereocenters. The smallest absolute Gasteiger partial charge is 0.220 e. The molecule has 1 aromatic heterocycles.